The van der Waals surface area contributed by atoms with Gasteiger partial charge in [-0.25, -0.2) is 0 Å². The van der Waals surface area contributed by atoms with E-state index in [1.54, 1.807) is 35.5 Å². The molecule has 2 N–H and O–H groups in total. The van der Waals surface area contributed by atoms with Crippen LogP contribution < -0.4 is 5.73 Å². The first-order valence-electron chi connectivity index (χ1n) is 9.44. The number of nitrogens with zero attached hydrogens (tertiary/aromatic N) is 2. The summed E-state index contributed by atoms with van der Waals surface area (Å²) in [7, 11) is 0. The van der Waals surface area contributed by atoms with Gasteiger partial charge in [0, 0.05) is 48.1 Å². The van der Waals surface area contributed by atoms with Gasteiger partial charge in [0.1, 0.15) is 0 Å². The Kier molecular flexibility index (Phi) is 5.35. The van der Waals surface area contributed by atoms with E-state index >= 15 is 0 Å². The van der Waals surface area contributed by atoms with Crippen LogP contribution in [0, 0.1) is 0 Å². The zero-order valence-corrected chi connectivity index (χ0v) is 15.9. The zero-order valence-electron chi connectivity index (χ0n) is 15.9. The molecule has 1 saturated heterocycles. The molecule has 0 saturated carbocycles. The Bertz CT molecular complexity index is 1100. The summed E-state index contributed by atoms with van der Waals surface area (Å²) in [4.78, 5) is 30.0. The van der Waals surface area contributed by atoms with E-state index in [1.165, 1.54) is 0 Å². The molecule has 0 bridgehead atoms. The maximum Gasteiger partial charge on any atom is 0.248 e. The summed E-state index contributed by atoms with van der Waals surface area (Å²) in [6.07, 6.45) is 6.94. The smallest absolute Gasteiger partial charge is 0.248 e. The van der Waals surface area contributed by atoms with Crippen LogP contribution in [0.2, 0.25) is 0 Å². The van der Waals surface area contributed by atoms with Gasteiger partial charge < -0.3 is 15.4 Å². The first kappa shape index (κ1) is 18.8. The molecule has 0 aliphatic carbocycles. The number of amides is 2. The average Bonchev–Trinajstić information content (AvgIpc) is 2.77. The second-order valence-corrected chi connectivity index (χ2v) is 6.88. The number of morpholine rings is 1. The Morgan fingerprint density at radius 2 is 1.90 bits per heavy atom. The second kappa shape index (κ2) is 8.24. The van der Waals surface area contributed by atoms with E-state index in [9.17, 15) is 9.59 Å². The van der Waals surface area contributed by atoms with E-state index in [0.29, 0.717) is 31.9 Å². The van der Waals surface area contributed by atoms with Crippen molar-refractivity contribution in [3.63, 3.8) is 0 Å². The van der Waals surface area contributed by atoms with Gasteiger partial charge in [0.2, 0.25) is 11.8 Å². The van der Waals surface area contributed by atoms with Crippen LogP contribution in [0.5, 0.6) is 0 Å². The van der Waals surface area contributed by atoms with Crippen LogP contribution >= 0.6 is 0 Å². The molecule has 0 unspecified atom stereocenters. The highest BCUT2D eigenvalue weighted by molar-refractivity contribution is 6.02. The third kappa shape index (κ3) is 4.17. The number of rotatable bonds is 4. The number of aromatic nitrogens is 1. The first-order chi connectivity index (χ1) is 14.1. The topological polar surface area (TPSA) is 85.5 Å². The molecule has 2 aromatic carbocycles. The summed E-state index contributed by atoms with van der Waals surface area (Å²) < 4.78 is 5.28. The SMILES string of the molecule is NC(=O)c1ccc2cncc(-c3cccc(/C=C/C(=O)N4CCOCC4)c3)c2c1. The number of hydrogen-bond acceptors (Lipinski definition) is 4. The van der Waals surface area contributed by atoms with Crippen LogP contribution in [0.15, 0.2) is 60.9 Å². The molecule has 2 amide bonds. The highest BCUT2D eigenvalue weighted by atomic mass is 16.5. The predicted octanol–water partition coefficient (Wildman–Crippen LogP) is 2.87. The number of primary amides is 1. The number of benzene rings is 2. The van der Waals surface area contributed by atoms with Crippen LogP contribution in [0.25, 0.3) is 28.0 Å². The Labute approximate surface area is 168 Å². The summed E-state index contributed by atoms with van der Waals surface area (Å²) in [5.74, 6) is -0.482. The molecule has 1 aliphatic rings. The molecule has 1 fully saturated rings. The van der Waals surface area contributed by atoms with Crippen LogP contribution in [-0.4, -0.2) is 48.0 Å². The van der Waals surface area contributed by atoms with Gasteiger partial charge in [-0.05, 0) is 40.8 Å². The lowest BCUT2D eigenvalue weighted by atomic mass is 9.97. The Balaban J connectivity index is 1.65. The monoisotopic (exact) mass is 387 g/mol. The number of carbonyl (C=O) groups is 2. The second-order valence-electron chi connectivity index (χ2n) is 6.88. The van der Waals surface area contributed by atoms with Gasteiger partial charge in [-0.15, -0.1) is 0 Å². The summed E-state index contributed by atoms with van der Waals surface area (Å²) >= 11 is 0. The van der Waals surface area contributed by atoms with Crippen LogP contribution in [0.1, 0.15) is 15.9 Å². The van der Waals surface area contributed by atoms with Crippen molar-refractivity contribution >= 4 is 28.7 Å². The Morgan fingerprint density at radius 3 is 2.69 bits per heavy atom. The molecule has 2 heterocycles. The minimum absolute atomic E-state index is 0.0170. The minimum atomic E-state index is -0.465. The van der Waals surface area contributed by atoms with E-state index in [0.717, 1.165) is 27.5 Å². The molecule has 146 valence electrons. The standard InChI is InChI=1S/C23H21N3O3/c24-23(28)18-5-6-19-14-25-15-21(20(19)13-18)17-3-1-2-16(12-17)4-7-22(27)26-8-10-29-11-9-26/h1-7,12-15H,8-11H2,(H2,24,28)/b7-4+. The van der Waals surface area contributed by atoms with E-state index < -0.39 is 5.91 Å². The lowest BCUT2D eigenvalue weighted by molar-refractivity contribution is -0.129. The van der Waals surface area contributed by atoms with Crippen molar-refractivity contribution in [3.8, 4) is 11.1 Å². The van der Waals surface area contributed by atoms with Crippen molar-refractivity contribution in [3.05, 3.63) is 72.1 Å². The molecule has 0 spiro atoms. The number of hydrogen-bond donors (Lipinski definition) is 1. The normalized spacial score (nSPS) is 14.4. The Hall–Kier alpha value is -3.51. The third-order valence-corrected chi connectivity index (χ3v) is 4.98. The third-order valence-electron chi connectivity index (χ3n) is 4.98. The zero-order chi connectivity index (χ0) is 20.2. The van der Waals surface area contributed by atoms with Crippen molar-refractivity contribution < 1.29 is 14.3 Å². The molecule has 6 heteroatoms. The fourth-order valence-electron chi connectivity index (χ4n) is 3.41. The number of ether oxygens (including phenoxy) is 1. The molecular weight excluding hydrogens is 366 g/mol. The molecular formula is C23H21N3O3. The molecule has 0 atom stereocenters. The molecule has 1 aliphatic heterocycles. The molecule has 3 aromatic rings. The number of pyridine rings is 1. The summed E-state index contributed by atoms with van der Waals surface area (Å²) in [6, 6.07) is 13.2. The van der Waals surface area contributed by atoms with Crippen LogP contribution in [0.3, 0.4) is 0 Å². The summed E-state index contributed by atoms with van der Waals surface area (Å²) in [5, 5.41) is 1.83. The van der Waals surface area contributed by atoms with Crippen LogP contribution in [0.4, 0.5) is 0 Å². The highest BCUT2D eigenvalue weighted by Crippen LogP contribution is 2.29. The largest absolute Gasteiger partial charge is 0.378 e. The lowest BCUT2D eigenvalue weighted by Gasteiger charge is -2.25. The summed E-state index contributed by atoms with van der Waals surface area (Å²) in [5.41, 5.74) is 8.66. The van der Waals surface area contributed by atoms with Crippen molar-refractivity contribution in [1.29, 1.82) is 0 Å². The van der Waals surface area contributed by atoms with Crippen molar-refractivity contribution in [2.45, 2.75) is 0 Å². The summed E-state index contributed by atoms with van der Waals surface area (Å²) in [6.45, 7) is 2.40. The van der Waals surface area contributed by atoms with Gasteiger partial charge in [-0.2, -0.15) is 0 Å². The maximum atomic E-state index is 12.3. The van der Waals surface area contributed by atoms with Gasteiger partial charge in [0.05, 0.1) is 13.2 Å². The Morgan fingerprint density at radius 1 is 1.07 bits per heavy atom. The van der Waals surface area contributed by atoms with E-state index in [2.05, 4.69) is 4.98 Å². The van der Waals surface area contributed by atoms with Crippen molar-refractivity contribution in [1.82, 2.24) is 9.88 Å². The molecule has 4 rings (SSSR count). The minimum Gasteiger partial charge on any atom is -0.378 e. The van der Waals surface area contributed by atoms with E-state index in [4.69, 9.17) is 10.5 Å². The fourth-order valence-corrected chi connectivity index (χ4v) is 3.41. The molecule has 0 radical (unpaired) electrons. The van der Waals surface area contributed by atoms with Crippen molar-refractivity contribution in [2.24, 2.45) is 5.73 Å². The molecule has 1 aromatic heterocycles. The predicted molar refractivity (Wildman–Crippen MR) is 112 cm³/mol. The van der Waals surface area contributed by atoms with Gasteiger partial charge in [0.25, 0.3) is 0 Å². The van der Waals surface area contributed by atoms with Crippen molar-refractivity contribution in [2.75, 3.05) is 26.3 Å². The molecule has 29 heavy (non-hydrogen) atoms. The number of fused-ring (bicyclic) bond motifs is 1. The number of nitrogens with two attached hydrogens (primary N) is 1. The van der Waals surface area contributed by atoms with Gasteiger partial charge in [0.15, 0.2) is 0 Å². The van der Waals surface area contributed by atoms with E-state index in [1.807, 2.05) is 36.4 Å². The lowest BCUT2D eigenvalue weighted by Crippen LogP contribution is -2.39. The van der Waals surface area contributed by atoms with Gasteiger partial charge in [-0.3, -0.25) is 14.6 Å². The first-order valence-corrected chi connectivity index (χ1v) is 9.44. The average molecular weight is 387 g/mol. The van der Waals surface area contributed by atoms with E-state index in [-0.39, 0.29) is 5.91 Å². The van der Waals surface area contributed by atoms with Crippen LogP contribution in [-0.2, 0) is 9.53 Å². The highest BCUT2D eigenvalue weighted by Gasteiger charge is 2.14. The van der Waals surface area contributed by atoms with Gasteiger partial charge >= 0.3 is 0 Å². The molecule has 6 nitrogen and oxygen atoms in total. The van der Waals surface area contributed by atoms with Gasteiger partial charge in [-0.1, -0.05) is 24.3 Å². The number of carbonyl (C=O) groups excluding carboxylic acids is 2. The fraction of sp³-hybridized carbons (Fsp3) is 0.174. The maximum absolute atomic E-state index is 12.3. The quantitative estimate of drug-likeness (QED) is 0.698.